The van der Waals surface area contributed by atoms with Crippen LogP contribution in [0.4, 0.5) is 5.13 Å². The van der Waals surface area contributed by atoms with Crippen molar-refractivity contribution in [2.45, 2.75) is 38.1 Å². The highest BCUT2D eigenvalue weighted by Crippen LogP contribution is 2.39. The van der Waals surface area contributed by atoms with Gasteiger partial charge in [0.05, 0.1) is 18.7 Å². The molecule has 2 aliphatic heterocycles. The first-order valence-corrected chi connectivity index (χ1v) is 12.6. The van der Waals surface area contributed by atoms with Gasteiger partial charge in [-0.1, -0.05) is 6.07 Å². The molecule has 0 saturated heterocycles. The summed E-state index contributed by atoms with van der Waals surface area (Å²) in [5.74, 6) is 1.62. The van der Waals surface area contributed by atoms with Crippen molar-refractivity contribution in [3.05, 3.63) is 63.7 Å². The third kappa shape index (κ3) is 4.10. The van der Waals surface area contributed by atoms with Crippen LogP contribution in [0.5, 0.6) is 17.2 Å². The average Bonchev–Trinajstić information content (AvgIpc) is 3.53. The largest absolute Gasteiger partial charge is 0.497 e. The molecular weight excluding hydrogens is 466 g/mol. The Labute approximate surface area is 206 Å². The minimum Gasteiger partial charge on any atom is -0.497 e. The maximum Gasteiger partial charge on any atom is 0.257 e. The second-order valence-electron chi connectivity index (χ2n) is 8.94. The van der Waals surface area contributed by atoms with E-state index >= 15 is 0 Å². The number of nitrogens with one attached hydrogen (secondary N) is 1. The number of aryl methyl sites for hydroxylation is 1. The van der Waals surface area contributed by atoms with Gasteiger partial charge in [0.25, 0.3) is 5.91 Å². The number of anilines is 1. The van der Waals surface area contributed by atoms with Gasteiger partial charge in [0.15, 0.2) is 16.6 Å². The molecular formula is C26H25N3O5S. The smallest absolute Gasteiger partial charge is 0.257 e. The van der Waals surface area contributed by atoms with Crippen molar-refractivity contribution in [2.75, 3.05) is 25.8 Å². The molecule has 1 aromatic heterocycles. The van der Waals surface area contributed by atoms with Gasteiger partial charge in [-0.05, 0) is 67.1 Å². The van der Waals surface area contributed by atoms with Crippen LogP contribution in [-0.2, 0) is 24.2 Å². The molecule has 1 aliphatic carbocycles. The zero-order chi connectivity index (χ0) is 23.9. The van der Waals surface area contributed by atoms with Gasteiger partial charge in [0, 0.05) is 23.5 Å². The fraction of sp³-hybridized carbons (Fsp3) is 0.346. The van der Waals surface area contributed by atoms with Crippen molar-refractivity contribution in [3.8, 4) is 17.2 Å². The van der Waals surface area contributed by atoms with Crippen molar-refractivity contribution >= 4 is 28.3 Å². The SMILES string of the molecule is COc1ccc2c(c1)CCN(C(=O)C1CCCc3sc(NC(=O)c4ccc5c(c4)OCO5)nc31)C2. The maximum absolute atomic E-state index is 13.6. The molecule has 6 rings (SSSR count). The van der Waals surface area contributed by atoms with Crippen LogP contribution in [0, 0.1) is 0 Å². The Morgan fingerprint density at radius 1 is 1.11 bits per heavy atom. The first-order valence-electron chi connectivity index (χ1n) is 11.7. The van der Waals surface area contributed by atoms with Crippen molar-refractivity contribution < 1.29 is 23.8 Å². The first kappa shape index (κ1) is 21.9. The number of carbonyl (C=O) groups excluding carboxylic acids is 2. The quantitative estimate of drug-likeness (QED) is 0.590. The summed E-state index contributed by atoms with van der Waals surface area (Å²) in [4.78, 5) is 34.1. The van der Waals surface area contributed by atoms with Gasteiger partial charge in [-0.2, -0.15) is 0 Å². The zero-order valence-electron chi connectivity index (χ0n) is 19.3. The second-order valence-corrected chi connectivity index (χ2v) is 10.0. The number of hydrogen-bond donors (Lipinski definition) is 1. The highest BCUT2D eigenvalue weighted by atomic mass is 32.1. The number of carbonyl (C=O) groups is 2. The van der Waals surface area contributed by atoms with E-state index < -0.39 is 0 Å². The highest BCUT2D eigenvalue weighted by Gasteiger charge is 2.34. The van der Waals surface area contributed by atoms with E-state index in [9.17, 15) is 9.59 Å². The molecule has 8 nitrogen and oxygen atoms in total. The molecule has 0 spiro atoms. The van der Waals surface area contributed by atoms with E-state index in [1.807, 2.05) is 17.0 Å². The standard InChI is InChI=1S/C26H25N3O5S/c1-32-18-7-5-17-13-29(10-9-15(17)11-18)25(31)19-3-2-4-22-23(19)27-26(35-22)28-24(30)16-6-8-20-21(12-16)34-14-33-20/h5-8,11-12,19H,2-4,9-10,13-14H2,1H3,(H,27,28,30). The summed E-state index contributed by atoms with van der Waals surface area (Å²) in [7, 11) is 1.67. The molecule has 3 aliphatic rings. The molecule has 1 atom stereocenters. The predicted molar refractivity (Wildman–Crippen MR) is 130 cm³/mol. The fourth-order valence-electron chi connectivity index (χ4n) is 4.98. The molecule has 0 saturated carbocycles. The Morgan fingerprint density at radius 3 is 2.89 bits per heavy atom. The van der Waals surface area contributed by atoms with Crippen LogP contribution in [0.15, 0.2) is 36.4 Å². The topological polar surface area (TPSA) is 90.0 Å². The first-order chi connectivity index (χ1) is 17.1. The van der Waals surface area contributed by atoms with Crippen molar-refractivity contribution in [1.82, 2.24) is 9.88 Å². The number of ether oxygens (including phenoxy) is 3. The molecule has 3 aromatic rings. The monoisotopic (exact) mass is 491 g/mol. The van der Waals surface area contributed by atoms with Gasteiger partial charge in [0.1, 0.15) is 5.75 Å². The lowest BCUT2D eigenvalue weighted by Crippen LogP contribution is -2.39. The Bertz CT molecular complexity index is 1320. The van der Waals surface area contributed by atoms with Crippen LogP contribution in [0.1, 0.15) is 50.8 Å². The Morgan fingerprint density at radius 2 is 2.00 bits per heavy atom. The maximum atomic E-state index is 13.6. The van der Waals surface area contributed by atoms with Crippen molar-refractivity contribution in [2.24, 2.45) is 0 Å². The lowest BCUT2D eigenvalue weighted by molar-refractivity contribution is -0.134. The molecule has 3 heterocycles. The van der Waals surface area contributed by atoms with Crippen molar-refractivity contribution in [1.29, 1.82) is 0 Å². The molecule has 2 amide bonds. The minimum absolute atomic E-state index is 0.117. The van der Waals surface area contributed by atoms with E-state index in [-0.39, 0.29) is 24.5 Å². The summed E-state index contributed by atoms with van der Waals surface area (Å²) in [6.45, 7) is 1.44. The molecule has 2 aromatic carbocycles. The summed E-state index contributed by atoms with van der Waals surface area (Å²) >= 11 is 1.46. The van der Waals surface area contributed by atoms with E-state index in [1.54, 1.807) is 25.3 Å². The second kappa shape index (κ2) is 8.88. The number of amides is 2. The van der Waals surface area contributed by atoms with Gasteiger partial charge < -0.3 is 19.1 Å². The molecule has 0 fully saturated rings. The number of rotatable bonds is 4. The Hall–Kier alpha value is -3.59. The normalized spacial score (nSPS) is 18.0. The van der Waals surface area contributed by atoms with Gasteiger partial charge in [0.2, 0.25) is 12.7 Å². The lowest BCUT2D eigenvalue weighted by atomic mass is 9.89. The van der Waals surface area contributed by atoms with E-state index in [4.69, 9.17) is 19.2 Å². The summed E-state index contributed by atoms with van der Waals surface area (Å²) in [6, 6.07) is 11.2. The van der Waals surface area contributed by atoms with Crippen LogP contribution in [0.3, 0.4) is 0 Å². The van der Waals surface area contributed by atoms with Crippen molar-refractivity contribution in [3.63, 3.8) is 0 Å². The van der Waals surface area contributed by atoms with E-state index in [0.717, 1.165) is 47.6 Å². The number of hydrogen-bond acceptors (Lipinski definition) is 7. The number of aromatic nitrogens is 1. The van der Waals surface area contributed by atoms with Gasteiger partial charge in [-0.15, -0.1) is 11.3 Å². The zero-order valence-corrected chi connectivity index (χ0v) is 20.2. The molecule has 35 heavy (non-hydrogen) atoms. The number of benzene rings is 2. The molecule has 0 bridgehead atoms. The minimum atomic E-state index is -0.272. The third-order valence-corrected chi connectivity index (χ3v) is 7.89. The number of nitrogens with zero attached hydrogens (tertiary/aromatic N) is 2. The number of thiazole rings is 1. The molecule has 180 valence electrons. The number of methoxy groups -OCH3 is 1. The molecule has 9 heteroatoms. The molecule has 0 radical (unpaired) electrons. The summed E-state index contributed by atoms with van der Waals surface area (Å²) in [6.07, 6.45) is 3.39. The van der Waals surface area contributed by atoms with Crippen LogP contribution >= 0.6 is 11.3 Å². The molecule has 1 N–H and O–H groups in total. The van der Waals surface area contributed by atoms with E-state index in [1.165, 1.54) is 16.9 Å². The third-order valence-electron chi connectivity index (χ3n) is 6.84. The predicted octanol–water partition coefficient (Wildman–Crippen LogP) is 4.14. The Kier molecular flexibility index (Phi) is 5.56. The number of fused-ring (bicyclic) bond motifs is 3. The summed E-state index contributed by atoms with van der Waals surface area (Å²) < 4.78 is 16.0. The summed E-state index contributed by atoms with van der Waals surface area (Å²) in [5.41, 5.74) is 3.68. The van der Waals surface area contributed by atoms with Gasteiger partial charge >= 0.3 is 0 Å². The van der Waals surface area contributed by atoms with Gasteiger partial charge in [-0.25, -0.2) is 4.98 Å². The average molecular weight is 492 g/mol. The van der Waals surface area contributed by atoms with Gasteiger partial charge in [-0.3, -0.25) is 14.9 Å². The van der Waals surface area contributed by atoms with Crippen LogP contribution < -0.4 is 19.5 Å². The Balaban J connectivity index is 1.18. The fourth-order valence-corrected chi connectivity index (χ4v) is 6.04. The molecule has 1 unspecified atom stereocenters. The van der Waals surface area contributed by atoms with Crippen LogP contribution in [-0.4, -0.2) is 42.1 Å². The van der Waals surface area contributed by atoms with E-state index in [2.05, 4.69) is 11.4 Å². The van der Waals surface area contributed by atoms with Crippen LogP contribution in [0.2, 0.25) is 0 Å². The van der Waals surface area contributed by atoms with Crippen LogP contribution in [0.25, 0.3) is 0 Å². The highest BCUT2D eigenvalue weighted by molar-refractivity contribution is 7.16. The summed E-state index contributed by atoms with van der Waals surface area (Å²) in [5, 5.41) is 3.43. The lowest BCUT2D eigenvalue weighted by Gasteiger charge is -2.33. The van der Waals surface area contributed by atoms with E-state index in [0.29, 0.717) is 35.3 Å².